The summed E-state index contributed by atoms with van der Waals surface area (Å²) < 4.78 is 0. The Balaban J connectivity index is 2.88. The van der Waals surface area contributed by atoms with Gasteiger partial charge < -0.3 is 5.11 Å². The molecule has 1 rings (SSSR count). The van der Waals surface area contributed by atoms with Gasteiger partial charge in [0.15, 0.2) is 0 Å². The molecule has 0 aliphatic heterocycles. The van der Waals surface area contributed by atoms with Gasteiger partial charge in [-0.25, -0.2) is 0 Å². The SMILES string of the molecule is CC(=O)[C@@H]1CC[C@H](C(=O)O)C1(C)C. The summed E-state index contributed by atoms with van der Waals surface area (Å²) in [5.41, 5.74) is -0.377. The highest BCUT2D eigenvalue weighted by atomic mass is 16.4. The Hall–Kier alpha value is -0.860. The van der Waals surface area contributed by atoms with Gasteiger partial charge in [-0.05, 0) is 25.2 Å². The third-order valence-corrected chi connectivity index (χ3v) is 3.33. The third-order valence-electron chi connectivity index (χ3n) is 3.33. The first-order chi connectivity index (χ1) is 5.87. The minimum atomic E-state index is -0.770. The van der Waals surface area contributed by atoms with E-state index in [4.69, 9.17) is 5.11 Å². The third kappa shape index (κ3) is 1.60. The van der Waals surface area contributed by atoms with Crippen LogP contribution in [0.15, 0.2) is 0 Å². The Bertz CT molecular complexity index is 219. The second-order valence-electron chi connectivity index (χ2n) is 4.45. The molecule has 1 aliphatic rings. The van der Waals surface area contributed by atoms with Crippen LogP contribution < -0.4 is 0 Å². The van der Waals surface area contributed by atoms with Crippen molar-refractivity contribution in [2.24, 2.45) is 17.3 Å². The number of aliphatic carboxylic acids is 1. The highest BCUT2D eigenvalue weighted by molar-refractivity contribution is 5.82. The van der Waals surface area contributed by atoms with Crippen molar-refractivity contribution in [1.82, 2.24) is 0 Å². The van der Waals surface area contributed by atoms with E-state index in [-0.39, 0.29) is 23.0 Å². The van der Waals surface area contributed by atoms with Gasteiger partial charge in [0.1, 0.15) is 5.78 Å². The predicted octanol–water partition coefficient (Wildman–Crippen LogP) is 1.71. The molecule has 0 aromatic heterocycles. The van der Waals surface area contributed by atoms with Crippen molar-refractivity contribution in [3.8, 4) is 0 Å². The molecule has 0 radical (unpaired) electrons. The number of carbonyl (C=O) groups is 2. The summed E-state index contributed by atoms with van der Waals surface area (Å²) in [6.07, 6.45) is 1.35. The summed E-state index contributed by atoms with van der Waals surface area (Å²) >= 11 is 0. The lowest BCUT2D eigenvalue weighted by atomic mass is 9.74. The molecule has 0 aromatic carbocycles. The van der Waals surface area contributed by atoms with Crippen LogP contribution in [0.2, 0.25) is 0 Å². The van der Waals surface area contributed by atoms with Crippen molar-refractivity contribution < 1.29 is 14.7 Å². The van der Waals surface area contributed by atoms with Gasteiger partial charge in [-0.1, -0.05) is 13.8 Å². The molecule has 74 valence electrons. The normalized spacial score (nSPS) is 31.6. The maximum atomic E-state index is 11.2. The molecule has 1 N–H and O–H groups in total. The molecule has 0 aromatic rings. The molecule has 0 amide bonds. The molecular weight excluding hydrogens is 168 g/mol. The molecule has 3 heteroatoms. The monoisotopic (exact) mass is 184 g/mol. The molecule has 0 spiro atoms. The first-order valence-corrected chi connectivity index (χ1v) is 4.60. The minimum absolute atomic E-state index is 0.0754. The van der Waals surface area contributed by atoms with E-state index in [0.717, 1.165) is 6.42 Å². The van der Waals surface area contributed by atoms with Gasteiger partial charge in [0, 0.05) is 5.92 Å². The number of hydrogen-bond donors (Lipinski definition) is 1. The van der Waals surface area contributed by atoms with Crippen LogP contribution in [-0.4, -0.2) is 16.9 Å². The standard InChI is InChI=1S/C10H16O3/c1-6(11)7-4-5-8(9(12)13)10(7,2)3/h7-8H,4-5H2,1-3H3,(H,12,13)/t7-,8+/m0/s1. The van der Waals surface area contributed by atoms with Gasteiger partial charge >= 0.3 is 5.97 Å². The van der Waals surface area contributed by atoms with E-state index >= 15 is 0 Å². The van der Waals surface area contributed by atoms with E-state index in [2.05, 4.69) is 0 Å². The molecular formula is C10H16O3. The molecule has 13 heavy (non-hydrogen) atoms. The number of ketones is 1. The summed E-state index contributed by atoms with van der Waals surface area (Å²) in [5, 5.41) is 8.94. The lowest BCUT2D eigenvalue weighted by Crippen LogP contribution is -2.33. The number of rotatable bonds is 2. The molecule has 2 atom stereocenters. The first kappa shape index (κ1) is 10.2. The van der Waals surface area contributed by atoms with E-state index in [1.54, 1.807) is 6.92 Å². The van der Waals surface area contributed by atoms with Gasteiger partial charge in [-0.2, -0.15) is 0 Å². The summed E-state index contributed by atoms with van der Waals surface area (Å²) in [6.45, 7) is 5.31. The van der Waals surface area contributed by atoms with Crippen molar-refractivity contribution in [2.75, 3.05) is 0 Å². The Morgan fingerprint density at radius 2 is 1.69 bits per heavy atom. The van der Waals surface area contributed by atoms with Crippen molar-refractivity contribution >= 4 is 11.8 Å². The molecule has 0 bridgehead atoms. The largest absolute Gasteiger partial charge is 0.481 e. The van der Waals surface area contributed by atoms with Crippen LogP contribution >= 0.6 is 0 Å². The Kier molecular flexibility index (Phi) is 2.46. The predicted molar refractivity (Wildman–Crippen MR) is 48.3 cm³/mol. The zero-order valence-corrected chi connectivity index (χ0v) is 8.33. The van der Waals surface area contributed by atoms with E-state index in [0.29, 0.717) is 6.42 Å². The number of hydrogen-bond acceptors (Lipinski definition) is 2. The van der Waals surface area contributed by atoms with Crippen molar-refractivity contribution in [1.29, 1.82) is 0 Å². The molecule has 1 saturated carbocycles. The van der Waals surface area contributed by atoms with Crippen LogP contribution in [-0.2, 0) is 9.59 Å². The zero-order valence-electron chi connectivity index (χ0n) is 8.33. The smallest absolute Gasteiger partial charge is 0.307 e. The van der Waals surface area contributed by atoms with Crippen LogP contribution in [0.4, 0.5) is 0 Å². The van der Waals surface area contributed by atoms with Crippen LogP contribution in [0.1, 0.15) is 33.6 Å². The average molecular weight is 184 g/mol. The summed E-state index contributed by atoms with van der Waals surface area (Å²) in [6, 6.07) is 0. The lowest BCUT2D eigenvalue weighted by molar-refractivity contribution is -0.145. The fourth-order valence-corrected chi connectivity index (χ4v) is 2.49. The Morgan fingerprint density at radius 1 is 1.23 bits per heavy atom. The van der Waals surface area contributed by atoms with Gasteiger partial charge in [-0.3, -0.25) is 9.59 Å². The van der Waals surface area contributed by atoms with Crippen molar-refractivity contribution in [3.05, 3.63) is 0 Å². The van der Waals surface area contributed by atoms with Crippen LogP contribution in [0.25, 0.3) is 0 Å². The van der Waals surface area contributed by atoms with E-state index in [1.807, 2.05) is 13.8 Å². The maximum absolute atomic E-state index is 11.2. The molecule has 3 nitrogen and oxygen atoms in total. The topological polar surface area (TPSA) is 54.4 Å². The zero-order chi connectivity index (χ0) is 10.2. The van der Waals surface area contributed by atoms with E-state index in [9.17, 15) is 9.59 Å². The van der Waals surface area contributed by atoms with Crippen LogP contribution in [0, 0.1) is 17.3 Å². The molecule has 0 unspecified atom stereocenters. The maximum Gasteiger partial charge on any atom is 0.307 e. The molecule has 0 heterocycles. The average Bonchev–Trinajstić information content (AvgIpc) is 2.24. The Morgan fingerprint density at radius 3 is 1.92 bits per heavy atom. The van der Waals surface area contributed by atoms with Crippen LogP contribution in [0.5, 0.6) is 0 Å². The van der Waals surface area contributed by atoms with Gasteiger partial charge in [0.2, 0.25) is 0 Å². The van der Waals surface area contributed by atoms with E-state index in [1.165, 1.54) is 0 Å². The van der Waals surface area contributed by atoms with Crippen molar-refractivity contribution in [3.63, 3.8) is 0 Å². The summed E-state index contributed by atoms with van der Waals surface area (Å²) in [4.78, 5) is 22.1. The highest BCUT2D eigenvalue weighted by Gasteiger charge is 2.48. The van der Waals surface area contributed by atoms with Gasteiger partial charge in [0.05, 0.1) is 5.92 Å². The molecule has 0 saturated heterocycles. The number of carbonyl (C=O) groups excluding carboxylic acids is 1. The fraction of sp³-hybridized carbons (Fsp3) is 0.800. The highest BCUT2D eigenvalue weighted by Crippen LogP contribution is 2.47. The Labute approximate surface area is 78.1 Å². The number of carboxylic acid groups (broad SMARTS) is 1. The molecule has 1 aliphatic carbocycles. The second-order valence-corrected chi connectivity index (χ2v) is 4.45. The molecule has 1 fully saturated rings. The second kappa shape index (κ2) is 3.13. The summed E-state index contributed by atoms with van der Waals surface area (Å²) in [5.74, 6) is -1.09. The van der Waals surface area contributed by atoms with Crippen LogP contribution in [0.3, 0.4) is 0 Å². The van der Waals surface area contributed by atoms with Gasteiger partial charge in [0.25, 0.3) is 0 Å². The minimum Gasteiger partial charge on any atom is -0.481 e. The van der Waals surface area contributed by atoms with Crippen molar-refractivity contribution in [2.45, 2.75) is 33.6 Å². The fourth-order valence-electron chi connectivity index (χ4n) is 2.49. The summed E-state index contributed by atoms with van der Waals surface area (Å²) in [7, 11) is 0. The first-order valence-electron chi connectivity index (χ1n) is 4.60. The van der Waals surface area contributed by atoms with E-state index < -0.39 is 5.97 Å². The number of carboxylic acids is 1. The number of Topliss-reactive ketones (excluding diaryl/α,β-unsaturated/α-hetero) is 1. The quantitative estimate of drug-likeness (QED) is 0.710. The van der Waals surface area contributed by atoms with Gasteiger partial charge in [-0.15, -0.1) is 0 Å². The lowest BCUT2D eigenvalue weighted by Gasteiger charge is -2.29.